The topological polar surface area (TPSA) is 78.4 Å². The van der Waals surface area contributed by atoms with Crippen molar-refractivity contribution in [3.05, 3.63) is 53.1 Å². The zero-order chi connectivity index (χ0) is 19.4. The van der Waals surface area contributed by atoms with Crippen LogP contribution in [0, 0.1) is 12.7 Å². The van der Waals surface area contributed by atoms with Crippen LogP contribution in [0.1, 0.15) is 28.7 Å². The highest BCUT2D eigenvalue weighted by Gasteiger charge is 2.24. The summed E-state index contributed by atoms with van der Waals surface area (Å²) in [6.45, 7) is 5.79. The molecule has 2 amide bonds. The Balaban J connectivity index is 1.66. The molecule has 0 aliphatic carbocycles. The third kappa shape index (κ3) is 4.78. The maximum atomic E-state index is 13.0. The van der Waals surface area contributed by atoms with Crippen molar-refractivity contribution in [1.29, 1.82) is 0 Å². The number of benzene rings is 1. The molecule has 3 rings (SSSR count). The lowest BCUT2D eigenvalue weighted by atomic mass is 10.2. The first-order chi connectivity index (χ1) is 12.9. The van der Waals surface area contributed by atoms with E-state index in [2.05, 4.69) is 15.3 Å². The Kier molecular flexibility index (Phi) is 5.63. The van der Waals surface area contributed by atoms with Gasteiger partial charge in [0.25, 0.3) is 5.91 Å². The van der Waals surface area contributed by atoms with Crippen LogP contribution in [0.4, 0.5) is 10.3 Å². The van der Waals surface area contributed by atoms with Gasteiger partial charge in [0, 0.05) is 45.3 Å². The van der Waals surface area contributed by atoms with Gasteiger partial charge in [-0.2, -0.15) is 0 Å². The minimum atomic E-state index is -0.289. The summed E-state index contributed by atoms with van der Waals surface area (Å²) in [6.07, 6.45) is 0. The summed E-state index contributed by atoms with van der Waals surface area (Å²) in [5.74, 6) is -0.0888. The quantitative estimate of drug-likeness (QED) is 0.887. The molecule has 2 aromatic rings. The fraction of sp³-hybridized carbons (Fsp3) is 0.368. The van der Waals surface area contributed by atoms with Crippen LogP contribution in [0.15, 0.2) is 30.3 Å². The van der Waals surface area contributed by atoms with Crippen LogP contribution in [-0.4, -0.2) is 57.8 Å². The van der Waals surface area contributed by atoms with E-state index in [1.54, 1.807) is 34.9 Å². The maximum absolute atomic E-state index is 13.0. The van der Waals surface area contributed by atoms with Crippen LogP contribution in [-0.2, 0) is 11.3 Å². The molecule has 0 radical (unpaired) electrons. The third-order valence-corrected chi connectivity index (χ3v) is 4.45. The predicted octanol–water partition coefficient (Wildman–Crippen LogP) is 1.84. The molecule has 1 aromatic carbocycles. The number of hydrogen-bond donors (Lipinski definition) is 1. The molecule has 27 heavy (non-hydrogen) atoms. The first kappa shape index (κ1) is 18.8. The molecule has 1 aromatic heterocycles. The number of halogens is 1. The van der Waals surface area contributed by atoms with Gasteiger partial charge in [-0.1, -0.05) is 12.1 Å². The van der Waals surface area contributed by atoms with Crippen molar-refractivity contribution < 1.29 is 14.0 Å². The minimum absolute atomic E-state index is 0.0206. The van der Waals surface area contributed by atoms with Gasteiger partial charge in [0.1, 0.15) is 11.5 Å². The molecule has 142 valence electrons. The Morgan fingerprint density at radius 2 is 1.70 bits per heavy atom. The smallest absolute Gasteiger partial charge is 0.272 e. The van der Waals surface area contributed by atoms with E-state index in [-0.39, 0.29) is 17.6 Å². The molecule has 2 heterocycles. The molecule has 0 atom stereocenters. The Bertz CT molecular complexity index is 832. The lowest BCUT2D eigenvalue weighted by Gasteiger charge is -2.34. The standard InChI is InChI=1S/C19H22FN5O2/c1-13-11-17(18(27)25-9-7-24(8-10-25)14(2)26)23-19(22-13)21-12-15-3-5-16(20)6-4-15/h3-6,11H,7-10,12H2,1-2H3,(H,21,22,23). The van der Waals surface area contributed by atoms with Gasteiger partial charge in [0.05, 0.1) is 0 Å². The van der Waals surface area contributed by atoms with Gasteiger partial charge in [-0.3, -0.25) is 9.59 Å². The number of aryl methyl sites for hydroxylation is 1. The molecule has 7 nitrogen and oxygen atoms in total. The van der Waals surface area contributed by atoms with Gasteiger partial charge in [-0.25, -0.2) is 14.4 Å². The van der Waals surface area contributed by atoms with E-state index in [1.165, 1.54) is 19.1 Å². The number of anilines is 1. The van der Waals surface area contributed by atoms with E-state index < -0.39 is 0 Å². The molecule has 1 N–H and O–H groups in total. The summed E-state index contributed by atoms with van der Waals surface area (Å²) in [6, 6.07) is 7.80. The summed E-state index contributed by atoms with van der Waals surface area (Å²) in [5, 5.41) is 3.07. The van der Waals surface area contributed by atoms with Crippen molar-refractivity contribution in [2.45, 2.75) is 20.4 Å². The molecule has 1 aliphatic heterocycles. The second-order valence-corrected chi connectivity index (χ2v) is 6.50. The zero-order valence-electron chi connectivity index (χ0n) is 15.4. The highest BCUT2D eigenvalue weighted by atomic mass is 19.1. The van der Waals surface area contributed by atoms with E-state index in [4.69, 9.17) is 0 Å². The number of amides is 2. The first-order valence-corrected chi connectivity index (χ1v) is 8.81. The van der Waals surface area contributed by atoms with Crippen LogP contribution in [0.2, 0.25) is 0 Å². The number of hydrogen-bond acceptors (Lipinski definition) is 5. The minimum Gasteiger partial charge on any atom is -0.350 e. The van der Waals surface area contributed by atoms with Crippen molar-refractivity contribution >= 4 is 17.8 Å². The van der Waals surface area contributed by atoms with Gasteiger partial charge >= 0.3 is 0 Å². The Labute approximate surface area is 157 Å². The van der Waals surface area contributed by atoms with Gasteiger partial charge < -0.3 is 15.1 Å². The second-order valence-electron chi connectivity index (χ2n) is 6.50. The zero-order valence-corrected chi connectivity index (χ0v) is 15.4. The molecule has 1 fully saturated rings. The van der Waals surface area contributed by atoms with E-state index in [0.29, 0.717) is 50.1 Å². The fourth-order valence-electron chi connectivity index (χ4n) is 2.93. The predicted molar refractivity (Wildman–Crippen MR) is 98.7 cm³/mol. The van der Waals surface area contributed by atoms with Crippen LogP contribution in [0.25, 0.3) is 0 Å². The van der Waals surface area contributed by atoms with E-state index in [0.717, 1.165) is 5.56 Å². The average molecular weight is 371 g/mol. The van der Waals surface area contributed by atoms with Gasteiger partial charge in [0.2, 0.25) is 11.9 Å². The number of aromatic nitrogens is 2. The van der Waals surface area contributed by atoms with Gasteiger partial charge in [0.15, 0.2) is 0 Å². The number of piperazine rings is 1. The normalized spacial score (nSPS) is 14.2. The fourth-order valence-corrected chi connectivity index (χ4v) is 2.93. The van der Waals surface area contributed by atoms with Crippen molar-refractivity contribution in [2.24, 2.45) is 0 Å². The molecular formula is C19H22FN5O2. The van der Waals surface area contributed by atoms with Crippen LogP contribution >= 0.6 is 0 Å². The monoisotopic (exact) mass is 371 g/mol. The van der Waals surface area contributed by atoms with E-state index in [1.807, 2.05) is 0 Å². The Morgan fingerprint density at radius 3 is 2.33 bits per heavy atom. The highest BCUT2D eigenvalue weighted by Crippen LogP contribution is 2.12. The molecule has 0 bridgehead atoms. The molecular weight excluding hydrogens is 349 g/mol. The first-order valence-electron chi connectivity index (χ1n) is 8.81. The van der Waals surface area contributed by atoms with Crippen LogP contribution < -0.4 is 5.32 Å². The Hall–Kier alpha value is -3.03. The van der Waals surface area contributed by atoms with E-state index >= 15 is 0 Å². The summed E-state index contributed by atoms with van der Waals surface area (Å²) in [4.78, 5) is 36.2. The number of nitrogens with zero attached hydrogens (tertiary/aromatic N) is 4. The lowest BCUT2D eigenvalue weighted by Crippen LogP contribution is -2.50. The SMILES string of the molecule is CC(=O)N1CCN(C(=O)c2cc(C)nc(NCc3ccc(F)cc3)n2)CC1. The van der Waals surface area contributed by atoms with Crippen LogP contribution in [0.5, 0.6) is 0 Å². The molecule has 8 heteroatoms. The van der Waals surface area contributed by atoms with E-state index in [9.17, 15) is 14.0 Å². The molecule has 0 saturated carbocycles. The number of rotatable bonds is 4. The number of carbonyl (C=O) groups is 2. The lowest BCUT2D eigenvalue weighted by molar-refractivity contribution is -0.130. The summed E-state index contributed by atoms with van der Waals surface area (Å²) in [7, 11) is 0. The second kappa shape index (κ2) is 8.11. The average Bonchev–Trinajstić information content (AvgIpc) is 2.66. The molecule has 0 spiro atoms. The summed E-state index contributed by atoms with van der Waals surface area (Å²) < 4.78 is 13.0. The molecule has 1 saturated heterocycles. The van der Waals surface area contributed by atoms with Crippen molar-refractivity contribution in [1.82, 2.24) is 19.8 Å². The van der Waals surface area contributed by atoms with Gasteiger partial charge in [-0.05, 0) is 30.7 Å². The van der Waals surface area contributed by atoms with Crippen molar-refractivity contribution in [2.75, 3.05) is 31.5 Å². The number of carbonyl (C=O) groups excluding carboxylic acids is 2. The highest BCUT2D eigenvalue weighted by molar-refractivity contribution is 5.93. The molecule has 0 unspecified atom stereocenters. The summed E-state index contributed by atoms with van der Waals surface area (Å²) in [5.41, 5.74) is 1.88. The van der Waals surface area contributed by atoms with Gasteiger partial charge in [-0.15, -0.1) is 0 Å². The van der Waals surface area contributed by atoms with Crippen molar-refractivity contribution in [3.63, 3.8) is 0 Å². The largest absolute Gasteiger partial charge is 0.350 e. The van der Waals surface area contributed by atoms with Crippen LogP contribution in [0.3, 0.4) is 0 Å². The number of nitrogens with one attached hydrogen (secondary N) is 1. The van der Waals surface area contributed by atoms with Crippen molar-refractivity contribution in [3.8, 4) is 0 Å². The third-order valence-electron chi connectivity index (χ3n) is 4.45. The Morgan fingerprint density at radius 1 is 1.07 bits per heavy atom. The molecule has 1 aliphatic rings. The summed E-state index contributed by atoms with van der Waals surface area (Å²) >= 11 is 0. The maximum Gasteiger partial charge on any atom is 0.272 e.